The Labute approximate surface area is 263 Å². The number of hydrogen-bond donors (Lipinski definition) is 1. The van der Waals surface area contributed by atoms with Crippen molar-refractivity contribution < 1.29 is 37.7 Å². The largest absolute Gasteiger partial charge is 0.494 e. The summed E-state index contributed by atoms with van der Waals surface area (Å²) in [6.45, 7) is 4.79. The van der Waals surface area contributed by atoms with Crippen LogP contribution in [0.4, 0.5) is 8.78 Å². The molecule has 12 heteroatoms. The molecular formula is C32H30F2N2O6S2. The van der Waals surface area contributed by atoms with Crippen LogP contribution >= 0.6 is 24.0 Å². The van der Waals surface area contributed by atoms with Gasteiger partial charge in [-0.25, -0.2) is 13.6 Å². The monoisotopic (exact) mass is 640 g/mol. The van der Waals surface area contributed by atoms with Crippen LogP contribution in [0.15, 0.2) is 65.6 Å². The number of aromatic carboxylic acids is 1. The maximum atomic E-state index is 14.2. The molecule has 2 fully saturated rings. The number of morpholine rings is 1. The Bertz CT molecular complexity index is 1560. The zero-order chi connectivity index (χ0) is 31.1. The van der Waals surface area contributed by atoms with E-state index in [2.05, 4.69) is 4.90 Å². The molecule has 0 saturated carbocycles. The first-order valence-corrected chi connectivity index (χ1v) is 15.2. The molecule has 2 heterocycles. The molecule has 2 aliphatic rings. The van der Waals surface area contributed by atoms with Crippen molar-refractivity contribution in [2.24, 2.45) is 0 Å². The summed E-state index contributed by atoms with van der Waals surface area (Å²) in [5.74, 6) is -2.09. The average molecular weight is 641 g/mol. The lowest BCUT2D eigenvalue weighted by molar-refractivity contribution is -0.122. The zero-order valence-electron chi connectivity index (χ0n) is 23.7. The Morgan fingerprint density at radius 2 is 1.75 bits per heavy atom. The number of carboxylic acids is 1. The van der Waals surface area contributed by atoms with Crippen molar-refractivity contribution in [3.63, 3.8) is 0 Å². The van der Waals surface area contributed by atoms with Crippen molar-refractivity contribution in [1.82, 2.24) is 9.80 Å². The minimum atomic E-state index is -1.01. The van der Waals surface area contributed by atoms with E-state index in [4.69, 9.17) is 31.5 Å². The number of carbonyl (C=O) groups is 2. The van der Waals surface area contributed by atoms with Gasteiger partial charge in [0.2, 0.25) is 0 Å². The fraction of sp³-hybridized carbons (Fsp3) is 0.281. The highest BCUT2D eigenvalue weighted by molar-refractivity contribution is 8.26. The Hall–Kier alpha value is -3.84. The van der Waals surface area contributed by atoms with Gasteiger partial charge in [-0.2, -0.15) is 0 Å². The van der Waals surface area contributed by atoms with Crippen LogP contribution in [-0.2, 0) is 9.53 Å². The summed E-state index contributed by atoms with van der Waals surface area (Å²) in [5.41, 5.74) is 1.87. The van der Waals surface area contributed by atoms with Crippen molar-refractivity contribution >= 4 is 46.3 Å². The quantitative estimate of drug-likeness (QED) is 0.152. The van der Waals surface area contributed by atoms with Crippen LogP contribution in [0.1, 0.15) is 22.3 Å². The molecule has 0 aromatic heterocycles. The molecule has 3 aromatic rings. The van der Waals surface area contributed by atoms with E-state index in [1.54, 1.807) is 30.3 Å². The van der Waals surface area contributed by atoms with E-state index in [1.165, 1.54) is 34.9 Å². The molecule has 0 unspecified atom stereocenters. The molecule has 3 aromatic carbocycles. The van der Waals surface area contributed by atoms with Gasteiger partial charge in [0, 0.05) is 31.7 Å². The fourth-order valence-corrected chi connectivity index (χ4v) is 6.02. The number of ether oxygens (including phenoxy) is 3. The molecule has 44 heavy (non-hydrogen) atoms. The van der Waals surface area contributed by atoms with E-state index < -0.39 is 17.6 Å². The Morgan fingerprint density at radius 1 is 0.977 bits per heavy atom. The summed E-state index contributed by atoms with van der Waals surface area (Å²) in [4.78, 5) is 28.4. The first-order valence-electron chi connectivity index (χ1n) is 14.0. The number of thiocarbonyl (C=S) groups is 1. The third-order valence-electron chi connectivity index (χ3n) is 7.07. The van der Waals surface area contributed by atoms with Gasteiger partial charge in [-0.1, -0.05) is 36.1 Å². The van der Waals surface area contributed by atoms with Crippen molar-refractivity contribution in [3.05, 3.63) is 88.3 Å². The van der Waals surface area contributed by atoms with Crippen LogP contribution < -0.4 is 9.47 Å². The lowest BCUT2D eigenvalue weighted by Crippen LogP contribution is -2.38. The first kappa shape index (κ1) is 31.6. The number of hydrogen-bond acceptors (Lipinski definition) is 8. The topological polar surface area (TPSA) is 88.5 Å². The summed E-state index contributed by atoms with van der Waals surface area (Å²) in [6, 6.07) is 15.2. The Morgan fingerprint density at radius 3 is 2.48 bits per heavy atom. The second-order valence-electron chi connectivity index (χ2n) is 10.1. The van der Waals surface area contributed by atoms with E-state index in [1.807, 2.05) is 6.07 Å². The van der Waals surface area contributed by atoms with Crippen LogP contribution in [0.5, 0.6) is 11.5 Å². The average Bonchev–Trinajstić information content (AvgIpc) is 3.29. The van der Waals surface area contributed by atoms with E-state index in [-0.39, 0.29) is 11.5 Å². The van der Waals surface area contributed by atoms with Crippen LogP contribution in [0, 0.1) is 11.6 Å². The van der Waals surface area contributed by atoms with Crippen molar-refractivity contribution in [2.75, 3.05) is 52.6 Å². The van der Waals surface area contributed by atoms with Gasteiger partial charge in [-0.15, -0.1) is 0 Å². The lowest BCUT2D eigenvalue weighted by atomic mass is 10.0. The van der Waals surface area contributed by atoms with Crippen molar-refractivity contribution in [3.8, 4) is 22.6 Å². The molecule has 2 saturated heterocycles. The van der Waals surface area contributed by atoms with Gasteiger partial charge >= 0.3 is 5.97 Å². The fourth-order valence-electron chi connectivity index (χ4n) is 4.71. The maximum Gasteiger partial charge on any atom is 0.335 e. The zero-order valence-corrected chi connectivity index (χ0v) is 25.3. The minimum Gasteiger partial charge on any atom is -0.494 e. The lowest BCUT2D eigenvalue weighted by Gasteiger charge is -2.26. The van der Waals surface area contributed by atoms with Gasteiger partial charge in [0.05, 0.1) is 30.3 Å². The molecule has 0 bridgehead atoms. The number of amides is 1. The normalized spacial score (nSPS) is 16.5. The van der Waals surface area contributed by atoms with Crippen LogP contribution in [0.25, 0.3) is 17.2 Å². The summed E-state index contributed by atoms with van der Waals surface area (Å²) in [7, 11) is 0. The Kier molecular flexibility index (Phi) is 10.6. The smallest absolute Gasteiger partial charge is 0.335 e. The Balaban J connectivity index is 1.25. The predicted molar refractivity (Wildman–Crippen MR) is 168 cm³/mol. The standard InChI is InChI=1S/C32H30F2N2O6S2/c33-26-8-5-23(20-27(26)34)25-18-21(2-9-28(25)42-17-13-35-11-15-40-16-12-35)19-29-30(37)36(32(43)44-29)10-1-14-41-24-6-3-22(4-7-24)31(38)39/h2-9,18-20H,1,10-17H2,(H,38,39). The summed E-state index contributed by atoms with van der Waals surface area (Å²) in [6.07, 6.45) is 2.23. The predicted octanol–water partition coefficient (Wildman–Crippen LogP) is 5.71. The molecule has 2 aliphatic heterocycles. The van der Waals surface area contributed by atoms with Crippen LogP contribution in [-0.4, -0.2) is 83.7 Å². The van der Waals surface area contributed by atoms with Gasteiger partial charge in [0.15, 0.2) is 11.6 Å². The molecule has 5 rings (SSSR count). The van der Waals surface area contributed by atoms with Crippen LogP contribution in [0.3, 0.4) is 0 Å². The first-order chi connectivity index (χ1) is 21.3. The number of nitrogens with zero attached hydrogens (tertiary/aromatic N) is 2. The molecule has 0 spiro atoms. The number of rotatable bonds is 12. The van der Waals surface area contributed by atoms with Gasteiger partial charge in [-0.05, 0) is 72.2 Å². The number of thioether (sulfide) groups is 1. The molecule has 0 atom stereocenters. The molecule has 1 amide bonds. The van der Waals surface area contributed by atoms with E-state index in [0.29, 0.717) is 83.4 Å². The molecular weight excluding hydrogens is 610 g/mol. The number of carbonyl (C=O) groups excluding carboxylic acids is 1. The van der Waals surface area contributed by atoms with Crippen molar-refractivity contribution in [1.29, 1.82) is 0 Å². The molecule has 230 valence electrons. The highest BCUT2D eigenvalue weighted by Crippen LogP contribution is 2.36. The highest BCUT2D eigenvalue weighted by atomic mass is 32.2. The third-order valence-corrected chi connectivity index (χ3v) is 8.45. The SMILES string of the molecule is O=C(O)c1ccc(OCCCN2C(=O)C(=Cc3ccc(OCCN4CCOCC4)c(-c4ccc(F)c(F)c4)c3)SC2=S)cc1. The summed E-state index contributed by atoms with van der Waals surface area (Å²) < 4.78 is 45.5. The van der Waals surface area contributed by atoms with Gasteiger partial charge in [-0.3, -0.25) is 14.6 Å². The molecule has 8 nitrogen and oxygen atoms in total. The second kappa shape index (κ2) is 14.8. The highest BCUT2D eigenvalue weighted by Gasteiger charge is 2.31. The molecule has 1 N–H and O–H groups in total. The van der Waals surface area contributed by atoms with Gasteiger partial charge < -0.3 is 19.3 Å². The summed E-state index contributed by atoms with van der Waals surface area (Å²) in [5, 5.41) is 9.01. The van der Waals surface area contributed by atoms with Gasteiger partial charge in [0.25, 0.3) is 5.91 Å². The maximum absolute atomic E-state index is 14.2. The number of halogens is 2. The molecule has 0 radical (unpaired) electrons. The summed E-state index contributed by atoms with van der Waals surface area (Å²) >= 11 is 6.66. The van der Waals surface area contributed by atoms with E-state index in [0.717, 1.165) is 25.2 Å². The van der Waals surface area contributed by atoms with E-state index in [9.17, 15) is 18.4 Å². The van der Waals surface area contributed by atoms with Gasteiger partial charge in [0.1, 0.15) is 22.4 Å². The van der Waals surface area contributed by atoms with E-state index >= 15 is 0 Å². The third kappa shape index (κ3) is 8.00. The number of benzene rings is 3. The molecule has 0 aliphatic carbocycles. The van der Waals surface area contributed by atoms with Crippen molar-refractivity contribution in [2.45, 2.75) is 6.42 Å². The number of carboxylic acid groups (broad SMARTS) is 1. The second-order valence-corrected chi connectivity index (χ2v) is 11.7. The van der Waals surface area contributed by atoms with Crippen LogP contribution in [0.2, 0.25) is 0 Å². The minimum absolute atomic E-state index is 0.171.